The van der Waals surface area contributed by atoms with Crippen LogP contribution in [0.15, 0.2) is 32.0 Å². The summed E-state index contributed by atoms with van der Waals surface area (Å²) >= 11 is 6.56. The predicted molar refractivity (Wildman–Crippen MR) is 65.2 cm³/mol. The number of halogens is 2. The minimum absolute atomic E-state index is 0.338. The molecule has 0 unspecified atom stereocenters. The van der Waals surface area contributed by atoms with Crippen molar-refractivity contribution in [3.8, 4) is 0 Å². The van der Waals surface area contributed by atoms with Crippen LogP contribution in [0.1, 0.15) is 6.42 Å². The molecule has 0 bridgehead atoms. The van der Waals surface area contributed by atoms with Crippen LogP contribution >= 0.6 is 31.9 Å². The lowest BCUT2D eigenvalue weighted by Crippen LogP contribution is -2.42. The van der Waals surface area contributed by atoms with Crippen LogP contribution < -0.4 is 0 Å². The van der Waals surface area contributed by atoms with Crippen LogP contribution in [0.5, 0.6) is 0 Å². The smallest absolute Gasteiger partial charge is 0.207 e. The third-order valence-corrected chi connectivity index (χ3v) is 5.70. The van der Waals surface area contributed by atoms with E-state index >= 15 is 0 Å². The number of benzene rings is 1. The monoisotopic (exact) mass is 353 g/mol. The molecule has 1 aliphatic rings. The van der Waals surface area contributed by atoms with Gasteiger partial charge in [0.1, 0.15) is 0 Å². The molecule has 1 aromatic carbocycles. The van der Waals surface area contributed by atoms with Crippen LogP contribution in [-0.4, -0.2) is 25.8 Å². The second-order valence-electron chi connectivity index (χ2n) is 3.33. The summed E-state index contributed by atoms with van der Waals surface area (Å²) in [6, 6.07) is 5.09. The number of hydrogen-bond donors (Lipinski definition) is 0. The molecule has 0 aromatic heterocycles. The van der Waals surface area contributed by atoms with Gasteiger partial charge >= 0.3 is 0 Å². The topological polar surface area (TPSA) is 37.4 Å². The highest BCUT2D eigenvalue weighted by atomic mass is 79.9. The molecule has 3 nitrogen and oxygen atoms in total. The van der Waals surface area contributed by atoms with Crippen molar-refractivity contribution >= 4 is 41.9 Å². The fraction of sp³-hybridized carbons (Fsp3) is 0.333. The van der Waals surface area contributed by atoms with Crippen molar-refractivity contribution in [1.29, 1.82) is 0 Å². The van der Waals surface area contributed by atoms with Gasteiger partial charge in [-0.25, -0.2) is 8.42 Å². The first-order valence-electron chi connectivity index (χ1n) is 4.47. The zero-order chi connectivity index (χ0) is 11.1. The van der Waals surface area contributed by atoms with Gasteiger partial charge in [-0.2, -0.15) is 4.31 Å². The summed E-state index contributed by atoms with van der Waals surface area (Å²) in [6.07, 6.45) is 0.952. The van der Waals surface area contributed by atoms with Gasteiger partial charge in [-0.15, -0.1) is 0 Å². The van der Waals surface area contributed by atoms with Gasteiger partial charge in [-0.1, -0.05) is 15.9 Å². The van der Waals surface area contributed by atoms with E-state index in [0.717, 1.165) is 10.9 Å². The lowest BCUT2D eigenvalue weighted by Gasteiger charge is -2.30. The van der Waals surface area contributed by atoms with E-state index in [1.165, 1.54) is 4.31 Å². The van der Waals surface area contributed by atoms with Crippen LogP contribution in [0.4, 0.5) is 0 Å². The van der Waals surface area contributed by atoms with E-state index in [1.807, 2.05) is 0 Å². The zero-order valence-corrected chi connectivity index (χ0v) is 11.8. The van der Waals surface area contributed by atoms with Crippen molar-refractivity contribution in [2.45, 2.75) is 11.3 Å². The first kappa shape index (κ1) is 11.6. The van der Waals surface area contributed by atoms with Gasteiger partial charge in [0.15, 0.2) is 0 Å². The molecule has 0 atom stereocenters. The molecule has 1 aromatic rings. The molecule has 82 valence electrons. The Morgan fingerprint density at radius 1 is 1.20 bits per heavy atom. The van der Waals surface area contributed by atoms with Crippen molar-refractivity contribution < 1.29 is 8.42 Å². The highest BCUT2D eigenvalue weighted by Crippen LogP contribution is 2.29. The molecule has 0 saturated carbocycles. The van der Waals surface area contributed by atoms with E-state index in [-0.39, 0.29) is 0 Å². The Bertz CT molecular complexity index is 483. The molecular weight excluding hydrogens is 346 g/mol. The fourth-order valence-corrected chi connectivity index (χ4v) is 4.57. The van der Waals surface area contributed by atoms with Crippen molar-refractivity contribution in [2.75, 3.05) is 13.1 Å². The van der Waals surface area contributed by atoms with Gasteiger partial charge in [0.05, 0.1) is 4.90 Å². The standard InChI is InChI=1S/C9H9Br2NO2S/c10-7-2-3-9(8(11)6-7)15(13,14)12-4-1-5-12/h2-3,6H,1,4-5H2. The Morgan fingerprint density at radius 2 is 1.87 bits per heavy atom. The number of nitrogens with zero attached hydrogens (tertiary/aromatic N) is 1. The fourth-order valence-electron chi connectivity index (χ4n) is 1.35. The van der Waals surface area contributed by atoms with Gasteiger partial charge in [-0.3, -0.25) is 0 Å². The maximum atomic E-state index is 12.0. The molecule has 0 amide bonds. The molecule has 0 radical (unpaired) electrons. The molecule has 1 saturated heterocycles. The summed E-state index contributed by atoms with van der Waals surface area (Å²) < 4.78 is 27.0. The minimum atomic E-state index is -3.28. The maximum Gasteiger partial charge on any atom is 0.244 e. The molecule has 1 heterocycles. The van der Waals surface area contributed by atoms with Crippen molar-refractivity contribution in [1.82, 2.24) is 4.31 Å². The minimum Gasteiger partial charge on any atom is -0.207 e. The number of hydrogen-bond acceptors (Lipinski definition) is 2. The molecule has 1 aliphatic heterocycles. The number of rotatable bonds is 2. The van der Waals surface area contributed by atoms with E-state index in [4.69, 9.17) is 0 Å². The molecule has 0 N–H and O–H groups in total. The SMILES string of the molecule is O=S(=O)(c1ccc(Br)cc1Br)N1CCC1. The van der Waals surface area contributed by atoms with Gasteiger partial charge < -0.3 is 0 Å². The Kier molecular flexibility index (Phi) is 3.21. The molecule has 0 aliphatic carbocycles. The summed E-state index contributed by atoms with van der Waals surface area (Å²) in [4.78, 5) is 0.338. The first-order valence-corrected chi connectivity index (χ1v) is 7.49. The zero-order valence-electron chi connectivity index (χ0n) is 7.78. The largest absolute Gasteiger partial charge is 0.244 e. The summed E-state index contributed by atoms with van der Waals surface area (Å²) in [5.74, 6) is 0. The second kappa shape index (κ2) is 4.16. The second-order valence-corrected chi connectivity index (χ2v) is 7.01. The number of sulfonamides is 1. The van der Waals surface area contributed by atoms with Crippen LogP contribution in [0.25, 0.3) is 0 Å². The van der Waals surface area contributed by atoms with Crippen molar-refractivity contribution in [2.24, 2.45) is 0 Å². The van der Waals surface area contributed by atoms with Gasteiger partial charge in [-0.05, 0) is 40.5 Å². The highest BCUT2D eigenvalue weighted by Gasteiger charge is 2.30. The first-order chi connectivity index (χ1) is 7.01. The van der Waals surface area contributed by atoms with E-state index in [2.05, 4.69) is 31.9 Å². The Morgan fingerprint density at radius 3 is 2.33 bits per heavy atom. The average molecular weight is 355 g/mol. The third kappa shape index (κ3) is 2.13. The van der Waals surface area contributed by atoms with E-state index in [9.17, 15) is 8.42 Å². The normalized spacial score (nSPS) is 17.5. The Hall–Kier alpha value is 0.0900. The van der Waals surface area contributed by atoms with E-state index in [0.29, 0.717) is 22.5 Å². The van der Waals surface area contributed by atoms with Crippen LogP contribution in [0.3, 0.4) is 0 Å². The lowest BCUT2D eigenvalue weighted by atomic mass is 10.3. The van der Waals surface area contributed by atoms with Crippen LogP contribution in [0, 0.1) is 0 Å². The van der Waals surface area contributed by atoms with Gasteiger partial charge in [0.2, 0.25) is 10.0 Å². The third-order valence-electron chi connectivity index (χ3n) is 2.33. The summed E-state index contributed by atoms with van der Waals surface area (Å²) in [5, 5.41) is 0. The maximum absolute atomic E-state index is 12.0. The Balaban J connectivity index is 2.44. The summed E-state index contributed by atoms with van der Waals surface area (Å²) in [5.41, 5.74) is 0. The molecule has 2 rings (SSSR count). The van der Waals surface area contributed by atoms with Gasteiger partial charge in [0, 0.05) is 22.0 Å². The highest BCUT2D eigenvalue weighted by molar-refractivity contribution is 9.11. The quantitative estimate of drug-likeness (QED) is 0.818. The van der Waals surface area contributed by atoms with Crippen molar-refractivity contribution in [3.05, 3.63) is 27.1 Å². The van der Waals surface area contributed by atoms with E-state index in [1.54, 1.807) is 18.2 Å². The van der Waals surface area contributed by atoms with Gasteiger partial charge in [0.25, 0.3) is 0 Å². The van der Waals surface area contributed by atoms with Crippen LogP contribution in [0.2, 0.25) is 0 Å². The molecule has 6 heteroatoms. The predicted octanol–water partition coefficient (Wildman–Crippen LogP) is 2.61. The molecular formula is C9H9Br2NO2S. The Labute approximate surface area is 106 Å². The summed E-state index contributed by atoms with van der Waals surface area (Å²) in [7, 11) is -3.28. The lowest BCUT2D eigenvalue weighted by molar-refractivity contribution is 0.309. The summed E-state index contributed by atoms with van der Waals surface area (Å²) in [6.45, 7) is 1.26. The van der Waals surface area contributed by atoms with Crippen molar-refractivity contribution in [3.63, 3.8) is 0 Å². The molecule has 15 heavy (non-hydrogen) atoms. The average Bonchev–Trinajstić information content (AvgIpc) is 1.97. The molecule has 1 fully saturated rings. The molecule has 0 spiro atoms. The van der Waals surface area contributed by atoms with Crippen LogP contribution in [-0.2, 0) is 10.0 Å². The van der Waals surface area contributed by atoms with E-state index < -0.39 is 10.0 Å².